The van der Waals surface area contributed by atoms with Crippen molar-refractivity contribution in [1.82, 2.24) is 4.72 Å². The molecule has 15 heavy (non-hydrogen) atoms. The van der Waals surface area contributed by atoms with Gasteiger partial charge in [0.1, 0.15) is 0 Å². The molecule has 0 spiro atoms. The van der Waals surface area contributed by atoms with Crippen molar-refractivity contribution in [3.05, 3.63) is 0 Å². The SMILES string of the molecule is CNS(=O)(=O)CCOCCOCCOC.[HH]. The molecular weight excluding hydrogens is 222 g/mol. The average Bonchev–Trinajstić information content (AvgIpc) is 2.22. The van der Waals surface area contributed by atoms with Crippen LogP contribution in [0, 0.1) is 0 Å². The van der Waals surface area contributed by atoms with Gasteiger partial charge in [-0.05, 0) is 7.05 Å². The lowest BCUT2D eigenvalue weighted by Crippen LogP contribution is -2.25. The van der Waals surface area contributed by atoms with Crippen LogP contribution in [0.3, 0.4) is 0 Å². The Kier molecular flexibility index (Phi) is 8.92. The van der Waals surface area contributed by atoms with Gasteiger partial charge in [-0.2, -0.15) is 0 Å². The summed E-state index contributed by atoms with van der Waals surface area (Å²) in [6, 6.07) is 0. The lowest BCUT2D eigenvalue weighted by molar-refractivity contribution is 0.0284. The van der Waals surface area contributed by atoms with Crippen LogP contribution in [0.1, 0.15) is 1.43 Å². The van der Waals surface area contributed by atoms with Crippen molar-refractivity contribution < 1.29 is 24.1 Å². The van der Waals surface area contributed by atoms with E-state index in [0.717, 1.165) is 0 Å². The molecule has 0 atom stereocenters. The lowest BCUT2D eigenvalue weighted by atomic mass is 10.7. The van der Waals surface area contributed by atoms with Gasteiger partial charge in [-0.25, -0.2) is 13.1 Å². The summed E-state index contributed by atoms with van der Waals surface area (Å²) in [6.07, 6.45) is 0. The summed E-state index contributed by atoms with van der Waals surface area (Å²) in [5, 5.41) is 0. The maximum atomic E-state index is 10.9. The number of sulfonamides is 1. The number of nitrogens with one attached hydrogen (secondary N) is 1. The van der Waals surface area contributed by atoms with E-state index in [2.05, 4.69) is 4.72 Å². The van der Waals surface area contributed by atoms with E-state index in [1.54, 1.807) is 7.11 Å². The highest BCUT2D eigenvalue weighted by molar-refractivity contribution is 7.89. The third-order valence-corrected chi connectivity index (χ3v) is 2.94. The molecule has 0 aromatic carbocycles. The van der Waals surface area contributed by atoms with Crippen LogP contribution in [0.2, 0.25) is 0 Å². The summed E-state index contributed by atoms with van der Waals surface area (Å²) >= 11 is 0. The Balaban J connectivity index is 0. The van der Waals surface area contributed by atoms with Crippen LogP contribution in [-0.4, -0.2) is 61.4 Å². The number of hydrogen-bond donors (Lipinski definition) is 1. The predicted molar refractivity (Wildman–Crippen MR) is 58.5 cm³/mol. The van der Waals surface area contributed by atoms with E-state index in [4.69, 9.17) is 14.2 Å². The molecule has 0 aromatic rings. The molecule has 0 saturated carbocycles. The van der Waals surface area contributed by atoms with Crippen LogP contribution in [0.15, 0.2) is 0 Å². The van der Waals surface area contributed by atoms with Gasteiger partial charge in [0.15, 0.2) is 0 Å². The van der Waals surface area contributed by atoms with Gasteiger partial charge in [0.05, 0.1) is 38.8 Å². The Hall–Kier alpha value is -0.210. The van der Waals surface area contributed by atoms with Crippen LogP contribution >= 0.6 is 0 Å². The second-order valence-electron chi connectivity index (χ2n) is 2.74. The molecule has 0 unspecified atom stereocenters. The predicted octanol–water partition coefficient (Wildman–Crippen LogP) is -0.539. The summed E-state index contributed by atoms with van der Waals surface area (Å²) in [7, 11) is -0.179. The Morgan fingerprint density at radius 1 is 1.07 bits per heavy atom. The molecule has 0 amide bonds. The lowest BCUT2D eigenvalue weighted by Gasteiger charge is -2.05. The van der Waals surface area contributed by atoms with Crippen molar-refractivity contribution >= 4 is 10.0 Å². The van der Waals surface area contributed by atoms with Crippen LogP contribution in [0.4, 0.5) is 0 Å². The van der Waals surface area contributed by atoms with Gasteiger partial charge in [0, 0.05) is 8.54 Å². The van der Waals surface area contributed by atoms with Crippen LogP contribution < -0.4 is 4.72 Å². The van der Waals surface area contributed by atoms with Crippen LogP contribution in [-0.2, 0) is 24.2 Å². The normalized spacial score (nSPS) is 11.9. The molecule has 0 heterocycles. The fraction of sp³-hybridized carbons (Fsp3) is 1.00. The first kappa shape index (κ1) is 14.8. The van der Waals surface area contributed by atoms with E-state index in [1.165, 1.54) is 7.05 Å². The quantitative estimate of drug-likeness (QED) is 0.522. The molecule has 0 aliphatic rings. The summed E-state index contributed by atoms with van der Waals surface area (Å²) in [6.45, 7) is 2.09. The van der Waals surface area contributed by atoms with E-state index in [-0.39, 0.29) is 13.8 Å². The molecule has 0 aliphatic heterocycles. The van der Waals surface area contributed by atoms with Gasteiger partial charge in [0.2, 0.25) is 10.0 Å². The standard InChI is InChI=1S/C8H19NO5S.H2/c1-9-15(10,11)8-7-14-6-5-13-4-3-12-2;/h9H,3-8H2,1-2H3;1H. The highest BCUT2D eigenvalue weighted by Crippen LogP contribution is 1.85. The van der Waals surface area contributed by atoms with Crippen molar-refractivity contribution in [1.29, 1.82) is 0 Å². The van der Waals surface area contributed by atoms with Crippen LogP contribution in [0.5, 0.6) is 0 Å². The molecule has 6 nitrogen and oxygen atoms in total. The fourth-order valence-electron chi connectivity index (χ4n) is 0.735. The molecule has 94 valence electrons. The summed E-state index contributed by atoms with van der Waals surface area (Å²) < 4.78 is 39.0. The zero-order chi connectivity index (χ0) is 11.6. The van der Waals surface area contributed by atoms with E-state index < -0.39 is 10.0 Å². The Labute approximate surface area is 92.4 Å². The minimum atomic E-state index is -3.16. The Bertz CT molecular complexity index is 235. The summed E-state index contributed by atoms with van der Waals surface area (Å²) in [4.78, 5) is 0. The molecule has 1 N–H and O–H groups in total. The van der Waals surface area contributed by atoms with Crippen molar-refractivity contribution in [3.8, 4) is 0 Å². The number of ether oxygens (including phenoxy) is 3. The molecule has 0 fully saturated rings. The molecule has 0 rings (SSSR count). The second-order valence-corrected chi connectivity index (χ2v) is 4.79. The van der Waals surface area contributed by atoms with Crippen molar-refractivity contribution in [3.63, 3.8) is 0 Å². The van der Waals surface area contributed by atoms with Crippen molar-refractivity contribution in [2.45, 2.75) is 0 Å². The van der Waals surface area contributed by atoms with E-state index >= 15 is 0 Å². The zero-order valence-corrected chi connectivity index (χ0v) is 10.0. The summed E-state index contributed by atoms with van der Waals surface area (Å²) in [5.41, 5.74) is 0. The maximum absolute atomic E-state index is 10.9. The first-order valence-corrected chi connectivity index (χ1v) is 6.33. The molecular formula is C8H21NO5S. The third kappa shape index (κ3) is 10.1. The van der Waals surface area contributed by atoms with E-state index in [0.29, 0.717) is 26.4 Å². The van der Waals surface area contributed by atoms with Crippen molar-refractivity contribution in [2.75, 3.05) is 52.9 Å². The number of rotatable bonds is 10. The van der Waals surface area contributed by atoms with Gasteiger partial charge < -0.3 is 14.2 Å². The fourth-order valence-corrected chi connectivity index (χ4v) is 1.28. The molecule has 7 heteroatoms. The minimum Gasteiger partial charge on any atom is -0.382 e. The second kappa shape index (κ2) is 9.05. The van der Waals surface area contributed by atoms with Gasteiger partial charge in [-0.1, -0.05) is 0 Å². The Morgan fingerprint density at radius 3 is 2.13 bits per heavy atom. The molecule has 0 aromatic heterocycles. The monoisotopic (exact) mass is 243 g/mol. The molecule has 0 saturated heterocycles. The third-order valence-electron chi connectivity index (χ3n) is 1.61. The van der Waals surface area contributed by atoms with Crippen molar-refractivity contribution in [2.24, 2.45) is 0 Å². The highest BCUT2D eigenvalue weighted by Gasteiger charge is 2.05. The first-order chi connectivity index (χ1) is 7.12. The molecule has 0 radical (unpaired) electrons. The minimum absolute atomic E-state index is 0. The maximum Gasteiger partial charge on any atom is 0.213 e. The largest absolute Gasteiger partial charge is 0.382 e. The van der Waals surface area contributed by atoms with Gasteiger partial charge in [0.25, 0.3) is 0 Å². The number of methoxy groups -OCH3 is 1. The van der Waals surface area contributed by atoms with Crippen LogP contribution in [0.25, 0.3) is 0 Å². The van der Waals surface area contributed by atoms with Gasteiger partial charge >= 0.3 is 0 Å². The molecule has 0 bridgehead atoms. The summed E-state index contributed by atoms with van der Waals surface area (Å²) in [5.74, 6) is -0.0262. The highest BCUT2D eigenvalue weighted by atomic mass is 32.2. The Morgan fingerprint density at radius 2 is 1.60 bits per heavy atom. The van der Waals surface area contributed by atoms with Gasteiger partial charge in [-0.15, -0.1) is 0 Å². The van der Waals surface area contributed by atoms with Gasteiger partial charge in [-0.3, -0.25) is 0 Å². The van der Waals surface area contributed by atoms with E-state index in [1.807, 2.05) is 0 Å². The topological polar surface area (TPSA) is 73.9 Å². The number of hydrogen-bond acceptors (Lipinski definition) is 5. The smallest absolute Gasteiger partial charge is 0.213 e. The average molecular weight is 243 g/mol. The zero-order valence-electron chi connectivity index (χ0n) is 9.19. The molecule has 0 aliphatic carbocycles. The van der Waals surface area contributed by atoms with E-state index in [9.17, 15) is 8.42 Å². The first-order valence-electron chi connectivity index (χ1n) is 4.68.